The number of amides is 1. The molecule has 0 aliphatic heterocycles. The van der Waals surface area contributed by atoms with Crippen LogP contribution in [0.5, 0.6) is 11.6 Å². The van der Waals surface area contributed by atoms with Gasteiger partial charge in [0, 0.05) is 10.4 Å². The lowest BCUT2D eigenvalue weighted by molar-refractivity contribution is -0.120. The Bertz CT molecular complexity index is 988. The van der Waals surface area contributed by atoms with E-state index in [0.717, 1.165) is 0 Å². The van der Waals surface area contributed by atoms with Gasteiger partial charge in [0.2, 0.25) is 5.88 Å². The number of aromatic hydroxyl groups is 1. The number of carbonyl (C=O) groups is 1. The van der Waals surface area contributed by atoms with Gasteiger partial charge < -0.3 is 14.8 Å². The number of nitrogens with one attached hydrogen (secondary N) is 1. The number of rotatable bonds is 4. The van der Waals surface area contributed by atoms with Crippen LogP contribution >= 0.6 is 23.2 Å². The lowest BCUT2D eigenvalue weighted by atomic mass is 10.2. The van der Waals surface area contributed by atoms with E-state index in [1.807, 2.05) is 0 Å². The topological polar surface area (TPSA) is 87.0 Å². The van der Waals surface area contributed by atoms with E-state index in [4.69, 9.17) is 27.9 Å². The monoisotopic (exact) mass is 381 g/mol. The fourth-order valence-electron chi connectivity index (χ4n) is 2.11. The summed E-state index contributed by atoms with van der Waals surface area (Å²) in [5.74, 6) is -1.21. The van der Waals surface area contributed by atoms with Crippen molar-refractivity contribution in [3.8, 4) is 11.6 Å². The molecule has 0 unspecified atom stereocenters. The van der Waals surface area contributed by atoms with Gasteiger partial charge in [0.15, 0.2) is 12.3 Å². The molecule has 0 saturated carbocycles. The van der Waals surface area contributed by atoms with Crippen molar-refractivity contribution in [1.29, 1.82) is 0 Å². The van der Waals surface area contributed by atoms with Gasteiger partial charge in [0.1, 0.15) is 11.6 Å². The van der Waals surface area contributed by atoms with Crippen molar-refractivity contribution < 1.29 is 19.0 Å². The maximum Gasteiger partial charge on any atom is 0.302 e. The highest BCUT2D eigenvalue weighted by molar-refractivity contribution is 6.35. The minimum atomic E-state index is -0.693. The number of hydrogen-bond donors (Lipinski definition) is 2. The molecule has 0 fully saturated rings. The van der Waals surface area contributed by atoms with E-state index in [-0.39, 0.29) is 22.3 Å². The molecule has 3 rings (SSSR count). The molecule has 0 aliphatic carbocycles. The van der Waals surface area contributed by atoms with Crippen molar-refractivity contribution in [3.63, 3.8) is 0 Å². The summed E-state index contributed by atoms with van der Waals surface area (Å²) in [6.45, 7) is -0.400. The van der Waals surface area contributed by atoms with Gasteiger partial charge in [-0.25, -0.2) is 4.39 Å². The minimum absolute atomic E-state index is 0.0351. The molecule has 1 heterocycles. The van der Waals surface area contributed by atoms with Gasteiger partial charge in [-0.15, -0.1) is 10.2 Å². The molecule has 0 saturated heterocycles. The standard InChI is InChI=1S/C16H10Cl2FN3O3/c17-8-1-4-13(11(18)5-8)25-7-14(23)21-22-15-10-3-2-9(19)6-12(10)20-16(15)24/h1-6,20,24H,7H2. The van der Waals surface area contributed by atoms with Crippen LogP contribution in [0.3, 0.4) is 0 Å². The summed E-state index contributed by atoms with van der Waals surface area (Å²) in [6, 6.07) is 8.40. The van der Waals surface area contributed by atoms with Crippen LogP contribution in [0.2, 0.25) is 10.0 Å². The largest absolute Gasteiger partial charge is 0.493 e. The second-order valence-corrected chi connectivity index (χ2v) is 5.81. The molecule has 2 N–H and O–H groups in total. The highest BCUT2D eigenvalue weighted by atomic mass is 35.5. The first-order chi connectivity index (χ1) is 11.9. The second-order valence-electron chi connectivity index (χ2n) is 4.97. The number of hydrogen-bond acceptors (Lipinski definition) is 4. The number of nitrogens with zero attached hydrogens (tertiary/aromatic N) is 2. The summed E-state index contributed by atoms with van der Waals surface area (Å²) < 4.78 is 18.4. The van der Waals surface area contributed by atoms with E-state index in [2.05, 4.69) is 15.2 Å². The summed E-state index contributed by atoms with van der Waals surface area (Å²) in [7, 11) is 0. The molecular formula is C16H10Cl2FN3O3. The van der Waals surface area contributed by atoms with Gasteiger partial charge in [0.05, 0.1) is 10.5 Å². The molecule has 9 heteroatoms. The number of aromatic nitrogens is 1. The van der Waals surface area contributed by atoms with Gasteiger partial charge >= 0.3 is 5.91 Å². The first-order valence-electron chi connectivity index (χ1n) is 6.96. The first-order valence-corrected chi connectivity index (χ1v) is 7.72. The highest BCUT2D eigenvalue weighted by Crippen LogP contribution is 2.35. The Morgan fingerprint density at radius 3 is 2.80 bits per heavy atom. The van der Waals surface area contributed by atoms with Gasteiger partial charge in [-0.2, -0.15) is 0 Å². The molecule has 0 radical (unpaired) electrons. The smallest absolute Gasteiger partial charge is 0.302 e. The number of H-pyrrole nitrogens is 1. The number of carbonyl (C=O) groups excluding carboxylic acids is 1. The Hall–Kier alpha value is -2.64. The molecule has 0 spiro atoms. The number of ether oxygens (including phenoxy) is 1. The lowest BCUT2D eigenvalue weighted by Gasteiger charge is -2.05. The summed E-state index contributed by atoms with van der Waals surface area (Å²) in [5, 5.41) is 18.1. The van der Waals surface area contributed by atoms with Crippen molar-refractivity contribution in [2.24, 2.45) is 10.2 Å². The van der Waals surface area contributed by atoms with Crippen LogP contribution in [-0.4, -0.2) is 22.6 Å². The molecular weight excluding hydrogens is 372 g/mol. The van der Waals surface area contributed by atoms with Crippen LogP contribution in [0.1, 0.15) is 0 Å². The Balaban J connectivity index is 1.71. The van der Waals surface area contributed by atoms with Crippen LogP contribution in [0.4, 0.5) is 10.1 Å². The predicted octanol–water partition coefficient (Wildman–Crippen LogP) is 5.01. The average molecular weight is 382 g/mol. The lowest BCUT2D eigenvalue weighted by Crippen LogP contribution is -2.08. The van der Waals surface area contributed by atoms with E-state index in [1.54, 1.807) is 6.07 Å². The van der Waals surface area contributed by atoms with Crippen molar-refractivity contribution in [2.45, 2.75) is 0 Å². The quantitative estimate of drug-likeness (QED) is 0.622. The van der Waals surface area contributed by atoms with Crippen molar-refractivity contribution in [3.05, 3.63) is 52.3 Å². The molecule has 0 aliphatic rings. The van der Waals surface area contributed by atoms with Crippen LogP contribution < -0.4 is 4.74 Å². The predicted molar refractivity (Wildman–Crippen MR) is 91.4 cm³/mol. The maximum absolute atomic E-state index is 13.2. The van der Waals surface area contributed by atoms with Crippen LogP contribution in [-0.2, 0) is 4.79 Å². The SMILES string of the molecule is O=C(COc1ccc(Cl)cc1Cl)N=Nc1c(O)[nH]c2cc(F)ccc12. The summed E-state index contributed by atoms with van der Waals surface area (Å²) >= 11 is 11.7. The van der Waals surface area contributed by atoms with Crippen LogP contribution in [0, 0.1) is 5.82 Å². The summed E-state index contributed by atoms with van der Waals surface area (Å²) in [5.41, 5.74) is 0.371. The highest BCUT2D eigenvalue weighted by Gasteiger charge is 2.12. The zero-order chi connectivity index (χ0) is 18.0. The zero-order valence-electron chi connectivity index (χ0n) is 12.5. The third-order valence-corrected chi connectivity index (χ3v) is 3.75. The van der Waals surface area contributed by atoms with Gasteiger partial charge in [-0.05, 0) is 36.4 Å². The Labute approximate surface area is 150 Å². The number of aromatic amines is 1. The number of halogens is 3. The fraction of sp³-hybridized carbons (Fsp3) is 0.0625. The molecule has 6 nitrogen and oxygen atoms in total. The molecule has 1 aromatic heterocycles. The molecule has 0 bridgehead atoms. The molecule has 25 heavy (non-hydrogen) atoms. The number of azo groups is 1. The van der Waals surface area contributed by atoms with E-state index in [9.17, 15) is 14.3 Å². The zero-order valence-corrected chi connectivity index (χ0v) is 14.0. The van der Waals surface area contributed by atoms with Gasteiger partial charge in [-0.1, -0.05) is 23.2 Å². The molecule has 128 valence electrons. The number of benzene rings is 2. The molecule has 1 amide bonds. The Morgan fingerprint density at radius 1 is 1.24 bits per heavy atom. The second kappa shape index (κ2) is 7.08. The Kier molecular flexibility index (Phi) is 4.87. The third-order valence-electron chi connectivity index (χ3n) is 3.22. The van der Waals surface area contributed by atoms with Gasteiger partial charge in [-0.3, -0.25) is 4.79 Å². The fourth-order valence-corrected chi connectivity index (χ4v) is 2.57. The summed E-state index contributed by atoms with van der Waals surface area (Å²) in [4.78, 5) is 14.3. The summed E-state index contributed by atoms with van der Waals surface area (Å²) in [6.07, 6.45) is 0. The maximum atomic E-state index is 13.2. The third kappa shape index (κ3) is 3.89. The van der Waals surface area contributed by atoms with E-state index >= 15 is 0 Å². The molecule has 3 aromatic rings. The Morgan fingerprint density at radius 2 is 2.04 bits per heavy atom. The normalized spacial score (nSPS) is 11.3. The van der Waals surface area contributed by atoms with Crippen molar-refractivity contribution in [1.82, 2.24) is 4.98 Å². The molecule has 0 atom stereocenters. The van der Waals surface area contributed by atoms with Crippen LogP contribution in [0.25, 0.3) is 10.9 Å². The average Bonchev–Trinajstić information content (AvgIpc) is 2.86. The van der Waals surface area contributed by atoms with Crippen LogP contribution in [0.15, 0.2) is 46.6 Å². The molecule has 2 aromatic carbocycles. The van der Waals surface area contributed by atoms with Gasteiger partial charge in [0.25, 0.3) is 0 Å². The van der Waals surface area contributed by atoms with E-state index in [0.29, 0.717) is 15.9 Å². The number of fused-ring (bicyclic) bond motifs is 1. The van der Waals surface area contributed by atoms with E-state index < -0.39 is 18.3 Å². The van der Waals surface area contributed by atoms with Crippen molar-refractivity contribution in [2.75, 3.05) is 6.61 Å². The first kappa shape index (κ1) is 17.2. The minimum Gasteiger partial charge on any atom is -0.493 e. The van der Waals surface area contributed by atoms with Crippen molar-refractivity contribution >= 4 is 45.7 Å². The van der Waals surface area contributed by atoms with E-state index in [1.165, 1.54) is 30.3 Å².